The number of likely N-dealkylation sites (N-methyl/N-ethyl adjacent to an activating group) is 1. The normalized spacial score (nSPS) is 16.7. The minimum absolute atomic E-state index is 0.0927. The highest BCUT2D eigenvalue weighted by Gasteiger charge is 2.20. The quantitative estimate of drug-likeness (QED) is 0.843. The van der Waals surface area contributed by atoms with Crippen molar-refractivity contribution in [2.45, 2.75) is 25.8 Å². The highest BCUT2D eigenvalue weighted by Crippen LogP contribution is 2.12. The van der Waals surface area contributed by atoms with E-state index in [1.165, 1.54) is 5.56 Å². The van der Waals surface area contributed by atoms with Gasteiger partial charge in [0.25, 0.3) is 0 Å². The molecular weight excluding hydrogens is 236 g/mol. The molecule has 1 aliphatic rings. The van der Waals surface area contributed by atoms with Crippen molar-refractivity contribution in [2.75, 3.05) is 20.1 Å². The van der Waals surface area contributed by atoms with Crippen LogP contribution in [0, 0.1) is 6.92 Å². The van der Waals surface area contributed by atoms with Crippen LogP contribution in [0.15, 0.2) is 30.3 Å². The molecule has 1 aliphatic heterocycles. The van der Waals surface area contributed by atoms with E-state index >= 15 is 0 Å². The zero-order chi connectivity index (χ0) is 13.7. The van der Waals surface area contributed by atoms with Gasteiger partial charge in [-0.1, -0.05) is 24.3 Å². The van der Waals surface area contributed by atoms with Gasteiger partial charge in [-0.25, -0.2) is 0 Å². The number of carbonyl (C=O) groups excluding carboxylic acids is 1. The number of hydrogen-bond donors (Lipinski definition) is 1. The van der Waals surface area contributed by atoms with Crippen LogP contribution in [0.3, 0.4) is 0 Å². The topological polar surface area (TPSA) is 32.3 Å². The van der Waals surface area contributed by atoms with Gasteiger partial charge in [-0.3, -0.25) is 4.79 Å². The fourth-order valence-electron chi connectivity index (χ4n) is 2.43. The van der Waals surface area contributed by atoms with Crippen LogP contribution in [0.2, 0.25) is 0 Å². The molecule has 0 spiro atoms. The summed E-state index contributed by atoms with van der Waals surface area (Å²) in [5, 5.41) is 3.32. The zero-order valence-corrected chi connectivity index (χ0v) is 11.7. The summed E-state index contributed by atoms with van der Waals surface area (Å²) in [5.41, 5.74) is 2.30. The lowest BCUT2D eigenvalue weighted by Gasteiger charge is -2.30. The van der Waals surface area contributed by atoms with Gasteiger partial charge >= 0.3 is 0 Å². The summed E-state index contributed by atoms with van der Waals surface area (Å²) in [6, 6.07) is 8.46. The van der Waals surface area contributed by atoms with Crippen LogP contribution in [0.4, 0.5) is 0 Å². The first kappa shape index (κ1) is 13.8. The van der Waals surface area contributed by atoms with E-state index in [1.807, 2.05) is 36.2 Å². The van der Waals surface area contributed by atoms with Gasteiger partial charge in [-0.05, 0) is 50.1 Å². The molecule has 1 fully saturated rings. The number of piperidine rings is 1. The van der Waals surface area contributed by atoms with Crippen LogP contribution in [0.5, 0.6) is 0 Å². The van der Waals surface area contributed by atoms with Crippen molar-refractivity contribution >= 4 is 12.0 Å². The molecule has 1 N–H and O–H groups in total. The largest absolute Gasteiger partial charge is 0.339 e. The van der Waals surface area contributed by atoms with Gasteiger partial charge in [0.05, 0.1) is 0 Å². The van der Waals surface area contributed by atoms with Gasteiger partial charge < -0.3 is 10.2 Å². The molecule has 102 valence electrons. The summed E-state index contributed by atoms with van der Waals surface area (Å²) >= 11 is 0. The first-order chi connectivity index (χ1) is 9.18. The van der Waals surface area contributed by atoms with Crippen molar-refractivity contribution in [2.24, 2.45) is 0 Å². The average molecular weight is 258 g/mol. The lowest BCUT2D eigenvalue weighted by molar-refractivity contribution is -0.127. The smallest absolute Gasteiger partial charge is 0.246 e. The molecule has 1 amide bonds. The number of nitrogens with zero attached hydrogens (tertiary/aromatic N) is 1. The van der Waals surface area contributed by atoms with E-state index in [0.717, 1.165) is 31.5 Å². The summed E-state index contributed by atoms with van der Waals surface area (Å²) in [7, 11) is 1.90. The Balaban J connectivity index is 1.98. The second-order valence-electron chi connectivity index (χ2n) is 5.12. The molecule has 0 radical (unpaired) electrons. The lowest BCUT2D eigenvalue weighted by atomic mass is 10.0. The predicted molar refractivity (Wildman–Crippen MR) is 78.9 cm³/mol. The molecule has 1 heterocycles. The van der Waals surface area contributed by atoms with E-state index in [9.17, 15) is 4.79 Å². The van der Waals surface area contributed by atoms with Crippen LogP contribution >= 0.6 is 0 Å². The molecule has 0 bridgehead atoms. The predicted octanol–water partition coefficient (Wildman–Crippen LogP) is 2.22. The molecule has 0 saturated carbocycles. The van der Waals surface area contributed by atoms with Crippen molar-refractivity contribution in [3.63, 3.8) is 0 Å². The first-order valence-corrected chi connectivity index (χ1v) is 6.89. The molecule has 0 aliphatic carbocycles. The van der Waals surface area contributed by atoms with Crippen molar-refractivity contribution < 1.29 is 4.79 Å². The third-order valence-corrected chi connectivity index (χ3v) is 3.80. The van der Waals surface area contributed by atoms with Gasteiger partial charge in [0.1, 0.15) is 0 Å². The Bertz CT molecular complexity index is 462. The van der Waals surface area contributed by atoms with Crippen molar-refractivity contribution in [1.29, 1.82) is 0 Å². The summed E-state index contributed by atoms with van der Waals surface area (Å²) in [6.45, 7) is 4.06. The maximum absolute atomic E-state index is 12.1. The highest BCUT2D eigenvalue weighted by atomic mass is 16.2. The lowest BCUT2D eigenvalue weighted by Crippen LogP contribution is -2.43. The molecule has 0 atom stereocenters. The van der Waals surface area contributed by atoms with Crippen molar-refractivity contribution in [3.8, 4) is 0 Å². The summed E-state index contributed by atoms with van der Waals surface area (Å²) in [6.07, 6.45) is 5.68. The molecule has 3 heteroatoms. The van der Waals surface area contributed by atoms with Crippen LogP contribution in [0.1, 0.15) is 24.0 Å². The van der Waals surface area contributed by atoms with E-state index in [2.05, 4.69) is 18.3 Å². The molecule has 0 unspecified atom stereocenters. The van der Waals surface area contributed by atoms with E-state index in [4.69, 9.17) is 0 Å². The van der Waals surface area contributed by atoms with Crippen molar-refractivity contribution in [3.05, 3.63) is 41.5 Å². The fraction of sp³-hybridized carbons (Fsp3) is 0.438. The summed E-state index contributed by atoms with van der Waals surface area (Å²) in [5.74, 6) is 0.0927. The number of nitrogens with one attached hydrogen (secondary N) is 1. The second kappa shape index (κ2) is 6.53. The van der Waals surface area contributed by atoms with Gasteiger partial charge in [-0.2, -0.15) is 0 Å². The van der Waals surface area contributed by atoms with Gasteiger partial charge in [0.15, 0.2) is 0 Å². The Morgan fingerprint density at radius 1 is 1.32 bits per heavy atom. The molecule has 0 aromatic heterocycles. The van der Waals surface area contributed by atoms with Gasteiger partial charge in [-0.15, -0.1) is 0 Å². The van der Waals surface area contributed by atoms with Gasteiger partial charge in [0, 0.05) is 19.2 Å². The Morgan fingerprint density at radius 2 is 2.00 bits per heavy atom. The van der Waals surface area contributed by atoms with Crippen LogP contribution in [-0.2, 0) is 4.79 Å². The number of hydrogen-bond acceptors (Lipinski definition) is 2. The molecule has 19 heavy (non-hydrogen) atoms. The third-order valence-electron chi connectivity index (χ3n) is 3.80. The molecule has 1 saturated heterocycles. The standard InChI is InChI=1S/C16H22N2O/c1-13-5-3-4-6-14(13)7-8-16(19)18(2)15-9-11-17-12-10-15/h3-8,15,17H,9-12H2,1-2H3. The van der Waals surface area contributed by atoms with Crippen LogP contribution in [0.25, 0.3) is 6.08 Å². The van der Waals surface area contributed by atoms with E-state index in [1.54, 1.807) is 6.08 Å². The SMILES string of the molecule is Cc1ccccc1C=CC(=O)N(C)C1CCNCC1. The third kappa shape index (κ3) is 3.67. The minimum Gasteiger partial charge on any atom is -0.339 e. The molecule has 3 nitrogen and oxygen atoms in total. The number of carbonyl (C=O) groups is 1. The molecule has 1 aromatic carbocycles. The zero-order valence-electron chi connectivity index (χ0n) is 11.7. The van der Waals surface area contributed by atoms with Crippen molar-refractivity contribution in [1.82, 2.24) is 10.2 Å². The fourth-order valence-corrected chi connectivity index (χ4v) is 2.43. The Morgan fingerprint density at radius 3 is 2.68 bits per heavy atom. The number of rotatable bonds is 3. The van der Waals surface area contributed by atoms with E-state index in [-0.39, 0.29) is 5.91 Å². The highest BCUT2D eigenvalue weighted by molar-refractivity contribution is 5.92. The monoisotopic (exact) mass is 258 g/mol. The average Bonchev–Trinajstić information content (AvgIpc) is 2.46. The van der Waals surface area contributed by atoms with Gasteiger partial charge in [0.2, 0.25) is 5.91 Å². The first-order valence-electron chi connectivity index (χ1n) is 6.89. The summed E-state index contributed by atoms with van der Waals surface area (Å²) in [4.78, 5) is 14.0. The Hall–Kier alpha value is -1.61. The van der Waals surface area contributed by atoms with E-state index < -0.39 is 0 Å². The maximum atomic E-state index is 12.1. The second-order valence-corrected chi connectivity index (χ2v) is 5.12. The molecule has 2 rings (SSSR count). The minimum atomic E-state index is 0.0927. The molecular formula is C16H22N2O. The van der Waals surface area contributed by atoms with E-state index in [0.29, 0.717) is 6.04 Å². The maximum Gasteiger partial charge on any atom is 0.246 e. The Kier molecular flexibility index (Phi) is 4.74. The number of benzene rings is 1. The Labute approximate surface area is 115 Å². The number of amides is 1. The molecule has 1 aromatic rings. The summed E-state index contributed by atoms with van der Waals surface area (Å²) < 4.78 is 0. The van der Waals surface area contributed by atoms with Crippen LogP contribution in [-0.4, -0.2) is 37.0 Å². The van der Waals surface area contributed by atoms with Crippen LogP contribution < -0.4 is 5.32 Å². The number of aryl methyl sites for hydroxylation is 1.